The highest BCUT2D eigenvalue weighted by Gasteiger charge is 2.11. The summed E-state index contributed by atoms with van der Waals surface area (Å²) in [6.07, 6.45) is 1.51. The van der Waals surface area contributed by atoms with E-state index in [1.165, 1.54) is 29.0 Å². The van der Waals surface area contributed by atoms with Crippen LogP contribution in [0.25, 0.3) is 0 Å². The molecule has 7 heteroatoms. The van der Waals surface area contributed by atoms with Crippen molar-refractivity contribution < 1.29 is 14.7 Å². The molecule has 0 aliphatic rings. The second kappa shape index (κ2) is 6.44. The third kappa shape index (κ3) is 3.53. The van der Waals surface area contributed by atoms with Crippen molar-refractivity contribution in [2.24, 2.45) is 0 Å². The molecule has 1 aromatic heterocycles. The molecular formula is C15H13ClN2O4. The van der Waals surface area contributed by atoms with Gasteiger partial charge in [0.1, 0.15) is 6.54 Å². The molecule has 0 unspecified atom stereocenters. The largest absolute Gasteiger partial charge is 0.478 e. The normalized spacial score (nSPS) is 10.3. The zero-order valence-electron chi connectivity index (χ0n) is 11.7. The van der Waals surface area contributed by atoms with E-state index < -0.39 is 11.9 Å². The molecule has 1 amide bonds. The zero-order chi connectivity index (χ0) is 16.3. The number of aromatic carboxylic acids is 1. The van der Waals surface area contributed by atoms with Crippen LogP contribution < -0.4 is 10.9 Å². The topological polar surface area (TPSA) is 88.4 Å². The number of aryl methyl sites for hydroxylation is 1. The Morgan fingerprint density at radius 2 is 2.05 bits per heavy atom. The molecule has 22 heavy (non-hydrogen) atoms. The minimum absolute atomic E-state index is 0.0837. The van der Waals surface area contributed by atoms with E-state index in [1.807, 2.05) is 0 Å². The van der Waals surface area contributed by atoms with Crippen LogP contribution in [0.3, 0.4) is 0 Å². The highest BCUT2D eigenvalue weighted by atomic mass is 35.5. The van der Waals surface area contributed by atoms with Crippen molar-refractivity contribution in [1.82, 2.24) is 4.57 Å². The van der Waals surface area contributed by atoms with Gasteiger partial charge in [0.05, 0.1) is 10.6 Å². The Kier molecular flexibility index (Phi) is 4.62. The molecule has 2 aromatic rings. The van der Waals surface area contributed by atoms with Gasteiger partial charge in [-0.3, -0.25) is 9.59 Å². The van der Waals surface area contributed by atoms with Crippen LogP contribution in [-0.2, 0) is 11.3 Å². The number of nitrogens with zero attached hydrogens (tertiary/aromatic N) is 1. The summed E-state index contributed by atoms with van der Waals surface area (Å²) in [5.74, 6) is -1.62. The van der Waals surface area contributed by atoms with Gasteiger partial charge < -0.3 is 15.0 Å². The Balaban J connectivity index is 2.16. The summed E-state index contributed by atoms with van der Waals surface area (Å²) >= 11 is 5.76. The second-order valence-corrected chi connectivity index (χ2v) is 5.08. The Hall–Kier alpha value is -2.60. The predicted octanol–water partition coefficient (Wildman–Crippen LogP) is 2.15. The fourth-order valence-corrected chi connectivity index (χ4v) is 2.10. The average Bonchev–Trinajstić information content (AvgIpc) is 2.45. The van der Waals surface area contributed by atoms with Crippen LogP contribution in [0.1, 0.15) is 15.9 Å². The van der Waals surface area contributed by atoms with Gasteiger partial charge in [-0.1, -0.05) is 17.7 Å². The molecule has 1 heterocycles. The van der Waals surface area contributed by atoms with Gasteiger partial charge >= 0.3 is 5.97 Å². The molecule has 0 spiro atoms. The number of anilines is 1. The fourth-order valence-electron chi connectivity index (χ4n) is 1.90. The molecule has 0 saturated carbocycles. The van der Waals surface area contributed by atoms with Crippen molar-refractivity contribution in [2.75, 3.05) is 5.32 Å². The Labute approximate surface area is 131 Å². The summed E-state index contributed by atoms with van der Waals surface area (Å²) in [6, 6.07) is 7.48. The van der Waals surface area contributed by atoms with Crippen LogP contribution in [-0.4, -0.2) is 21.6 Å². The van der Waals surface area contributed by atoms with Crippen molar-refractivity contribution in [3.63, 3.8) is 0 Å². The fraction of sp³-hybridized carbons (Fsp3) is 0.133. The van der Waals surface area contributed by atoms with E-state index in [2.05, 4.69) is 5.32 Å². The van der Waals surface area contributed by atoms with Crippen molar-refractivity contribution in [3.05, 3.63) is 63.0 Å². The first-order valence-corrected chi connectivity index (χ1v) is 6.75. The maximum atomic E-state index is 12.0. The van der Waals surface area contributed by atoms with E-state index in [0.29, 0.717) is 11.3 Å². The number of pyridine rings is 1. The number of carbonyl (C=O) groups excluding carboxylic acids is 1. The number of carbonyl (C=O) groups is 2. The highest BCUT2D eigenvalue weighted by molar-refractivity contribution is 6.33. The first-order valence-electron chi connectivity index (χ1n) is 6.37. The molecule has 6 nitrogen and oxygen atoms in total. The highest BCUT2D eigenvalue weighted by Crippen LogP contribution is 2.20. The number of carboxylic acid groups (broad SMARTS) is 1. The van der Waals surface area contributed by atoms with Gasteiger partial charge in [-0.25, -0.2) is 4.79 Å². The summed E-state index contributed by atoms with van der Waals surface area (Å²) in [5.41, 5.74) is 0.481. The molecular weight excluding hydrogens is 308 g/mol. The molecule has 0 radical (unpaired) electrons. The summed E-state index contributed by atoms with van der Waals surface area (Å²) in [7, 11) is 0. The summed E-state index contributed by atoms with van der Waals surface area (Å²) in [6.45, 7) is 1.50. The molecule has 0 atom stereocenters. The predicted molar refractivity (Wildman–Crippen MR) is 82.5 cm³/mol. The minimum Gasteiger partial charge on any atom is -0.478 e. The van der Waals surface area contributed by atoms with Crippen molar-refractivity contribution in [2.45, 2.75) is 13.5 Å². The van der Waals surface area contributed by atoms with Crippen molar-refractivity contribution in [1.29, 1.82) is 0 Å². The lowest BCUT2D eigenvalue weighted by molar-refractivity contribution is -0.116. The van der Waals surface area contributed by atoms with Crippen molar-refractivity contribution >= 4 is 29.2 Å². The smallest absolute Gasteiger partial charge is 0.337 e. The molecule has 0 saturated heterocycles. The number of rotatable bonds is 4. The standard InChI is InChI=1S/C15H13ClN2O4/c1-9-3-2-6-18(14(9)20)8-13(19)17-10-4-5-12(16)11(7-10)15(21)22/h2-7H,8H2,1H3,(H,17,19)(H,21,22). The SMILES string of the molecule is Cc1cccn(CC(=O)Nc2ccc(Cl)c(C(=O)O)c2)c1=O. The lowest BCUT2D eigenvalue weighted by Gasteiger charge is -2.09. The number of hydrogen-bond acceptors (Lipinski definition) is 3. The van der Waals surface area contributed by atoms with E-state index in [0.717, 1.165) is 0 Å². The van der Waals surface area contributed by atoms with Gasteiger partial charge in [0, 0.05) is 17.4 Å². The third-order valence-corrected chi connectivity index (χ3v) is 3.33. The molecule has 1 aromatic carbocycles. The first-order chi connectivity index (χ1) is 10.4. The molecule has 0 bridgehead atoms. The summed E-state index contributed by atoms with van der Waals surface area (Å²) in [4.78, 5) is 34.8. The van der Waals surface area contributed by atoms with E-state index in [-0.39, 0.29) is 22.7 Å². The van der Waals surface area contributed by atoms with Gasteiger partial charge in [-0.05, 0) is 31.2 Å². The molecule has 0 fully saturated rings. The average molecular weight is 321 g/mol. The van der Waals surface area contributed by atoms with Gasteiger partial charge in [0.25, 0.3) is 5.56 Å². The summed E-state index contributed by atoms with van der Waals surface area (Å²) < 4.78 is 1.28. The van der Waals surface area contributed by atoms with Crippen LogP contribution in [0.2, 0.25) is 5.02 Å². The lowest BCUT2D eigenvalue weighted by Crippen LogP contribution is -2.28. The van der Waals surface area contributed by atoms with Crippen LogP contribution in [0.5, 0.6) is 0 Å². The van der Waals surface area contributed by atoms with E-state index in [9.17, 15) is 14.4 Å². The number of halogens is 1. The van der Waals surface area contributed by atoms with Crippen molar-refractivity contribution in [3.8, 4) is 0 Å². The molecule has 0 aliphatic heterocycles. The van der Waals surface area contributed by atoms with Crippen LogP contribution in [0.15, 0.2) is 41.3 Å². The summed E-state index contributed by atoms with van der Waals surface area (Å²) in [5, 5.41) is 11.6. The number of benzene rings is 1. The van der Waals surface area contributed by atoms with Crippen LogP contribution in [0, 0.1) is 6.92 Å². The minimum atomic E-state index is -1.18. The van der Waals surface area contributed by atoms with Gasteiger partial charge in [0.2, 0.25) is 5.91 Å². The number of nitrogens with one attached hydrogen (secondary N) is 1. The number of aromatic nitrogens is 1. The Bertz CT molecular complexity index is 798. The molecule has 0 aliphatic carbocycles. The van der Waals surface area contributed by atoms with Crippen LogP contribution >= 0.6 is 11.6 Å². The lowest BCUT2D eigenvalue weighted by atomic mass is 10.2. The zero-order valence-corrected chi connectivity index (χ0v) is 12.4. The van der Waals surface area contributed by atoms with Gasteiger partial charge in [-0.2, -0.15) is 0 Å². The third-order valence-electron chi connectivity index (χ3n) is 3.00. The van der Waals surface area contributed by atoms with Crippen LogP contribution in [0.4, 0.5) is 5.69 Å². The first kappa shape index (κ1) is 15.8. The quantitative estimate of drug-likeness (QED) is 0.903. The van der Waals surface area contributed by atoms with E-state index >= 15 is 0 Å². The van der Waals surface area contributed by atoms with E-state index in [1.54, 1.807) is 19.1 Å². The second-order valence-electron chi connectivity index (χ2n) is 4.67. The monoisotopic (exact) mass is 320 g/mol. The van der Waals surface area contributed by atoms with E-state index in [4.69, 9.17) is 16.7 Å². The van der Waals surface area contributed by atoms with Gasteiger partial charge in [-0.15, -0.1) is 0 Å². The molecule has 2 rings (SSSR count). The number of hydrogen-bond donors (Lipinski definition) is 2. The number of amides is 1. The number of carboxylic acids is 1. The van der Waals surface area contributed by atoms with Gasteiger partial charge in [0.15, 0.2) is 0 Å². The maximum Gasteiger partial charge on any atom is 0.337 e. The molecule has 2 N–H and O–H groups in total. The maximum absolute atomic E-state index is 12.0. The Morgan fingerprint density at radius 3 is 2.73 bits per heavy atom. The molecule has 114 valence electrons. The Morgan fingerprint density at radius 1 is 1.32 bits per heavy atom.